The molecular formula is C16H30N4O. The average Bonchev–Trinajstić information content (AvgIpc) is 2.40. The number of rotatable bonds is 8. The second-order valence-electron chi connectivity index (χ2n) is 6.56. The highest BCUT2D eigenvalue weighted by molar-refractivity contribution is 5.48. The maximum absolute atomic E-state index is 9.28. The third kappa shape index (κ3) is 6.76. The molecule has 21 heavy (non-hydrogen) atoms. The lowest BCUT2D eigenvalue weighted by molar-refractivity contribution is 0.183. The van der Waals surface area contributed by atoms with Crippen LogP contribution in [-0.2, 0) is 5.41 Å². The molecule has 1 unspecified atom stereocenters. The van der Waals surface area contributed by atoms with Gasteiger partial charge in [-0.25, -0.2) is 9.97 Å². The fraction of sp³-hybridized carbons (Fsp3) is 0.750. The van der Waals surface area contributed by atoms with Crippen molar-refractivity contribution in [2.45, 2.75) is 65.4 Å². The summed E-state index contributed by atoms with van der Waals surface area (Å²) in [7, 11) is 0. The first-order valence-corrected chi connectivity index (χ1v) is 7.88. The van der Waals surface area contributed by atoms with Crippen molar-refractivity contribution in [3.63, 3.8) is 0 Å². The number of aromatic nitrogens is 2. The molecule has 5 nitrogen and oxygen atoms in total. The van der Waals surface area contributed by atoms with E-state index in [2.05, 4.69) is 48.3 Å². The van der Waals surface area contributed by atoms with Crippen LogP contribution in [0.2, 0.25) is 0 Å². The summed E-state index contributed by atoms with van der Waals surface area (Å²) in [4.78, 5) is 9.20. The SMILES string of the molecule is CCCNc1cc(NCCCC(C)O)nc(C(C)(C)C)n1. The number of nitrogens with one attached hydrogen (secondary N) is 2. The summed E-state index contributed by atoms with van der Waals surface area (Å²) in [5, 5.41) is 15.9. The fourth-order valence-corrected chi connectivity index (χ4v) is 1.83. The smallest absolute Gasteiger partial charge is 0.138 e. The van der Waals surface area contributed by atoms with Gasteiger partial charge in [0.05, 0.1) is 6.10 Å². The first kappa shape index (κ1) is 17.7. The summed E-state index contributed by atoms with van der Waals surface area (Å²) >= 11 is 0. The second-order valence-corrected chi connectivity index (χ2v) is 6.56. The lowest BCUT2D eigenvalue weighted by atomic mass is 9.96. The molecule has 0 aliphatic heterocycles. The Morgan fingerprint density at radius 1 is 1.14 bits per heavy atom. The van der Waals surface area contributed by atoms with E-state index in [1.807, 2.05) is 13.0 Å². The van der Waals surface area contributed by atoms with Crippen molar-refractivity contribution in [2.75, 3.05) is 23.7 Å². The van der Waals surface area contributed by atoms with Gasteiger partial charge in [-0.2, -0.15) is 0 Å². The van der Waals surface area contributed by atoms with Crippen molar-refractivity contribution >= 4 is 11.6 Å². The van der Waals surface area contributed by atoms with Gasteiger partial charge in [0.2, 0.25) is 0 Å². The largest absolute Gasteiger partial charge is 0.393 e. The van der Waals surface area contributed by atoms with Crippen LogP contribution in [0.15, 0.2) is 6.07 Å². The molecule has 1 aromatic heterocycles. The molecule has 0 saturated heterocycles. The number of hydrogen-bond donors (Lipinski definition) is 3. The Morgan fingerprint density at radius 2 is 1.71 bits per heavy atom. The lowest BCUT2D eigenvalue weighted by Gasteiger charge is -2.19. The van der Waals surface area contributed by atoms with E-state index < -0.39 is 0 Å². The van der Waals surface area contributed by atoms with Crippen molar-refractivity contribution in [1.82, 2.24) is 9.97 Å². The molecule has 0 aliphatic carbocycles. The van der Waals surface area contributed by atoms with Crippen LogP contribution >= 0.6 is 0 Å². The molecule has 1 heterocycles. The maximum Gasteiger partial charge on any atom is 0.138 e. The molecule has 1 rings (SSSR count). The number of aliphatic hydroxyl groups is 1. The minimum atomic E-state index is -0.246. The van der Waals surface area contributed by atoms with Gasteiger partial charge in [-0.15, -0.1) is 0 Å². The van der Waals surface area contributed by atoms with Crippen molar-refractivity contribution in [3.8, 4) is 0 Å². The fourth-order valence-electron chi connectivity index (χ4n) is 1.83. The molecule has 120 valence electrons. The van der Waals surface area contributed by atoms with E-state index in [1.54, 1.807) is 0 Å². The van der Waals surface area contributed by atoms with E-state index >= 15 is 0 Å². The molecule has 1 atom stereocenters. The molecule has 0 spiro atoms. The van der Waals surface area contributed by atoms with Crippen molar-refractivity contribution < 1.29 is 5.11 Å². The summed E-state index contributed by atoms with van der Waals surface area (Å²) in [6, 6.07) is 1.95. The molecule has 1 aromatic rings. The highest BCUT2D eigenvalue weighted by Crippen LogP contribution is 2.22. The number of hydrogen-bond acceptors (Lipinski definition) is 5. The van der Waals surface area contributed by atoms with Gasteiger partial charge in [0.15, 0.2) is 0 Å². The molecular weight excluding hydrogens is 264 g/mol. The Bertz CT molecular complexity index is 427. The van der Waals surface area contributed by atoms with Crippen LogP contribution in [0.1, 0.15) is 59.7 Å². The van der Waals surface area contributed by atoms with E-state index in [4.69, 9.17) is 0 Å². The van der Waals surface area contributed by atoms with Crippen LogP contribution in [0.4, 0.5) is 11.6 Å². The molecule has 0 amide bonds. The molecule has 5 heteroatoms. The molecule has 0 radical (unpaired) electrons. The Morgan fingerprint density at radius 3 is 2.19 bits per heavy atom. The number of nitrogens with zero attached hydrogens (tertiary/aromatic N) is 2. The maximum atomic E-state index is 9.28. The van der Waals surface area contributed by atoms with Gasteiger partial charge < -0.3 is 15.7 Å². The van der Waals surface area contributed by atoms with Crippen molar-refractivity contribution in [3.05, 3.63) is 11.9 Å². The van der Waals surface area contributed by atoms with Crippen LogP contribution in [0.5, 0.6) is 0 Å². The summed E-state index contributed by atoms with van der Waals surface area (Å²) in [5.74, 6) is 2.55. The van der Waals surface area contributed by atoms with Gasteiger partial charge in [-0.3, -0.25) is 0 Å². The Hall–Kier alpha value is -1.36. The van der Waals surface area contributed by atoms with Crippen LogP contribution in [0.3, 0.4) is 0 Å². The Labute approximate surface area is 128 Å². The van der Waals surface area contributed by atoms with Crippen LogP contribution in [-0.4, -0.2) is 34.3 Å². The number of aliphatic hydroxyl groups excluding tert-OH is 1. The van der Waals surface area contributed by atoms with E-state index in [9.17, 15) is 5.11 Å². The molecule has 0 aliphatic rings. The van der Waals surface area contributed by atoms with E-state index in [0.717, 1.165) is 49.8 Å². The zero-order chi connectivity index (χ0) is 15.9. The standard InChI is InChI=1S/C16H30N4O/c1-6-9-17-13-11-14(18-10-7-8-12(2)21)20-15(19-13)16(3,4)5/h11-12,21H,6-10H2,1-5H3,(H2,17,18,19,20). The quantitative estimate of drug-likeness (QED) is 0.642. The van der Waals surface area contributed by atoms with E-state index in [1.165, 1.54) is 0 Å². The average molecular weight is 294 g/mol. The van der Waals surface area contributed by atoms with Gasteiger partial charge in [0, 0.05) is 24.6 Å². The topological polar surface area (TPSA) is 70.1 Å². The van der Waals surface area contributed by atoms with Crippen LogP contribution in [0.25, 0.3) is 0 Å². The van der Waals surface area contributed by atoms with E-state index in [0.29, 0.717) is 0 Å². The first-order valence-electron chi connectivity index (χ1n) is 7.88. The molecule has 0 fully saturated rings. The van der Waals surface area contributed by atoms with Gasteiger partial charge in [-0.1, -0.05) is 27.7 Å². The molecule has 0 bridgehead atoms. The monoisotopic (exact) mass is 294 g/mol. The van der Waals surface area contributed by atoms with Crippen molar-refractivity contribution in [1.29, 1.82) is 0 Å². The van der Waals surface area contributed by atoms with E-state index in [-0.39, 0.29) is 11.5 Å². The highest BCUT2D eigenvalue weighted by Gasteiger charge is 2.19. The third-order valence-corrected chi connectivity index (χ3v) is 3.06. The normalized spacial score (nSPS) is 13.0. The third-order valence-electron chi connectivity index (χ3n) is 3.06. The first-order chi connectivity index (χ1) is 9.82. The zero-order valence-corrected chi connectivity index (χ0v) is 14.0. The zero-order valence-electron chi connectivity index (χ0n) is 14.0. The predicted molar refractivity (Wildman–Crippen MR) is 88.9 cm³/mol. The van der Waals surface area contributed by atoms with Crippen LogP contribution in [0, 0.1) is 0 Å². The van der Waals surface area contributed by atoms with Gasteiger partial charge in [0.1, 0.15) is 17.5 Å². The minimum Gasteiger partial charge on any atom is -0.393 e. The van der Waals surface area contributed by atoms with Crippen LogP contribution < -0.4 is 10.6 Å². The number of anilines is 2. The second kappa shape index (κ2) is 8.17. The van der Waals surface area contributed by atoms with Gasteiger partial charge >= 0.3 is 0 Å². The predicted octanol–water partition coefficient (Wildman–Crippen LogP) is 3.17. The summed E-state index contributed by atoms with van der Waals surface area (Å²) in [5.41, 5.74) is -0.0834. The molecule has 3 N–H and O–H groups in total. The summed E-state index contributed by atoms with van der Waals surface area (Å²) in [6.45, 7) is 12.0. The Kier molecular flexibility index (Phi) is 6.89. The minimum absolute atomic E-state index is 0.0834. The van der Waals surface area contributed by atoms with Gasteiger partial charge in [0.25, 0.3) is 0 Å². The molecule has 0 saturated carbocycles. The summed E-state index contributed by atoms with van der Waals surface area (Å²) < 4.78 is 0. The summed E-state index contributed by atoms with van der Waals surface area (Å²) in [6.07, 6.45) is 2.53. The van der Waals surface area contributed by atoms with Gasteiger partial charge in [-0.05, 0) is 26.2 Å². The molecule has 0 aromatic carbocycles. The van der Waals surface area contributed by atoms with Crippen molar-refractivity contribution in [2.24, 2.45) is 0 Å². The lowest BCUT2D eigenvalue weighted by Crippen LogP contribution is -2.19. The highest BCUT2D eigenvalue weighted by atomic mass is 16.3. The Balaban J connectivity index is 2.76.